The summed E-state index contributed by atoms with van der Waals surface area (Å²) in [6.07, 6.45) is 2.30. The van der Waals surface area contributed by atoms with Crippen molar-refractivity contribution >= 4 is 28.1 Å². The molecule has 0 aromatic carbocycles. The van der Waals surface area contributed by atoms with E-state index in [0.717, 1.165) is 12.8 Å². The second-order valence-corrected chi connectivity index (χ2v) is 20.3. The number of hydrogen-bond donors (Lipinski definition) is 0. The number of ether oxygens (including phenoxy) is 2. The molecule has 0 aromatic heterocycles. The van der Waals surface area contributed by atoms with E-state index in [1.54, 1.807) is 0 Å². The van der Waals surface area contributed by atoms with E-state index < -0.39 is 21.2 Å². The number of hydrogen-bond acceptors (Lipinski definition) is 4. The Kier molecular flexibility index (Phi) is 8.42. The minimum atomic E-state index is -1.95. The Bertz CT molecular complexity index is 435. The van der Waals surface area contributed by atoms with Gasteiger partial charge in [-0.15, -0.1) is 0 Å². The molecule has 0 spiro atoms. The molecular weight excluding hydrogens is 336 g/mol. The van der Waals surface area contributed by atoms with E-state index >= 15 is 0 Å². The Morgan fingerprint density at radius 1 is 0.958 bits per heavy atom. The summed E-state index contributed by atoms with van der Waals surface area (Å²) in [4.78, 5) is 25.4. The first-order valence-corrected chi connectivity index (χ1v) is 16.0. The Balaban J connectivity index is 6.06. The highest BCUT2D eigenvalue weighted by Gasteiger charge is 2.54. The predicted octanol–water partition coefficient (Wildman–Crippen LogP) is 4.95. The molecule has 0 amide bonds. The van der Waals surface area contributed by atoms with Crippen LogP contribution < -0.4 is 0 Å². The quantitative estimate of drug-likeness (QED) is 0.423. The number of methoxy groups -OCH3 is 2. The molecule has 0 N–H and O–H groups in total. The van der Waals surface area contributed by atoms with Gasteiger partial charge in [0.2, 0.25) is 0 Å². The lowest BCUT2D eigenvalue weighted by atomic mass is 9.92. The van der Waals surface area contributed by atoms with Crippen molar-refractivity contribution in [3.05, 3.63) is 0 Å². The van der Waals surface area contributed by atoms with Crippen molar-refractivity contribution in [2.45, 2.75) is 83.0 Å². The fraction of sp³-hybridized carbons (Fsp3) is 0.889. The van der Waals surface area contributed by atoms with Crippen LogP contribution in [0.15, 0.2) is 0 Å². The van der Waals surface area contributed by atoms with Gasteiger partial charge in [-0.25, -0.2) is 0 Å². The van der Waals surface area contributed by atoms with Gasteiger partial charge in [0.25, 0.3) is 0 Å². The SMILES string of the molecule is COC(=O)C(CC(CCC(C)C)(C(=O)OC)[Si](C)(C)C)[Si](C)(C)C. The highest BCUT2D eigenvalue weighted by Crippen LogP contribution is 2.52. The van der Waals surface area contributed by atoms with Crippen molar-refractivity contribution in [2.75, 3.05) is 14.2 Å². The van der Waals surface area contributed by atoms with Crippen LogP contribution in [0.25, 0.3) is 0 Å². The van der Waals surface area contributed by atoms with Gasteiger partial charge in [0.1, 0.15) is 0 Å². The van der Waals surface area contributed by atoms with E-state index in [4.69, 9.17) is 9.47 Å². The number of carbonyl (C=O) groups is 2. The molecular formula is C18H38O4Si2. The molecule has 0 saturated heterocycles. The van der Waals surface area contributed by atoms with Gasteiger partial charge in [-0.3, -0.25) is 9.59 Å². The molecule has 2 unspecified atom stereocenters. The van der Waals surface area contributed by atoms with Gasteiger partial charge in [-0.05, 0) is 18.8 Å². The smallest absolute Gasteiger partial charge is 0.308 e. The molecule has 24 heavy (non-hydrogen) atoms. The van der Waals surface area contributed by atoms with Crippen LogP contribution in [0.4, 0.5) is 0 Å². The van der Waals surface area contributed by atoms with Crippen LogP contribution in [-0.4, -0.2) is 42.3 Å². The minimum Gasteiger partial charge on any atom is -0.469 e. The lowest BCUT2D eigenvalue weighted by molar-refractivity contribution is -0.146. The molecule has 0 rings (SSSR count). The molecule has 0 bridgehead atoms. The van der Waals surface area contributed by atoms with Crippen LogP contribution in [0.3, 0.4) is 0 Å². The first-order valence-electron chi connectivity index (χ1n) is 8.89. The van der Waals surface area contributed by atoms with Crippen LogP contribution in [-0.2, 0) is 19.1 Å². The van der Waals surface area contributed by atoms with Gasteiger partial charge >= 0.3 is 11.9 Å². The second-order valence-electron chi connectivity index (χ2n) is 9.40. The number of rotatable bonds is 9. The molecule has 0 aliphatic rings. The van der Waals surface area contributed by atoms with Crippen LogP contribution in [0.5, 0.6) is 0 Å². The van der Waals surface area contributed by atoms with E-state index in [9.17, 15) is 9.59 Å². The van der Waals surface area contributed by atoms with Crippen molar-refractivity contribution in [2.24, 2.45) is 5.92 Å². The lowest BCUT2D eigenvalue weighted by Crippen LogP contribution is -2.49. The molecule has 0 fully saturated rings. The molecule has 4 nitrogen and oxygen atoms in total. The molecule has 0 heterocycles. The summed E-state index contributed by atoms with van der Waals surface area (Å²) in [6, 6.07) is 0. The van der Waals surface area contributed by atoms with Gasteiger partial charge < -0.3 is 9.47 Å². The Morgan fingerprint density at radius 3 is 1.75 bits per heavy atom. The van der Waals surface area contributed by atoms with Gasteiger partial charge in [0, 0.05) is 0 Å². The van der Waals surface area contributed by atoms with E-state index in [1.807, 2.05) is 0 Å². The third-order valence-electron chi connectivity index (χ3n) is 5.24. The summed E-state index contributed by atoms with van der Waals surface area (Å²) >= 11 is 0. The van der Waals surface area contributed by atoms with Crippen LogP contribution in [0.1, 0.15) is 33.1 Å². The summed E-state index contributed by atoms with van der Waals surface area (Å²) < 4.78 is 10.4. The third kappa shape index (κ3) is 5.72. The molecule has 142 valence electrons. The van der Waals surface area contributed by atoms with Gasteiger partial charge in [0.05, 0.1) is 40.9 Å². The summed E-state index contributed by atoms with van der Waals surface area (Å²) in [5.74, 6) is 0.188. The van der Waals surface area contributed by atoms with E-state index in [0.29, 0.717) is 12.3 Å². The standard InChI is InChI=1S/C18H38O4Si2/c1-14(2)11-12-18(17(20)22-4,24(8,9)10)13-15(16(19)21-3)23(5,6)7/h14-15H,11-13H2,1-10H3. The zero-order valence-corrected chi connectivity index (χ0v) is 19.4. The molecule has 0 saturated carbocycles. The summed E-state index contributed by atoms with van der Waals surface area (Å²) in [5, 5.41) is -0.550. The maximum atomic E-state index is 12.9. The molecule has 0 aromatic rings. The first-order chi connectivity index (χ1) is 10.7. The average molecular weight is 375 g/mol. The van der Waals surface area contributed by atoms with Crippen molar-refractivity contribution in [1.29, 1.82) is 0 Å². The van der Waals surface area contributed by atoms with E-state index in [-0.39, 0.29) is 17.5 Å². The molecule has 0 radical (unpaired) electrons. The average Bonchev–Trinajstić information content (AvgIpc) is 2.43. The van der Waals surface area contributed by atoms with Gasteiger partial charge in [-0.1, -0.05) is 59.6 Å². The third-order valence-corrected chi connectivity index (χ3v) is 11.3. The Hall–Kier alpha value is -0.626. The Labute approximate surface area is 150 Å². The van der Waals surface area contributed by atoms with E-state index in [1.165, 1.54) is 14.2 Å². The zero-order chi connectivity index (χ0) is 19.3. The van der Waals surface area contributed by atoms with Gasteiger partial charge in [-0.2, -0.15) is 0 Å². The molecule has 0 aliphatic heterocycles. The van der Waals surface area contributed by atoms with Crippen LogP contribution in [0, 0.1) is 5.92 Å². The van der Waals surface area contributed by atoms with Crippen LogP contribution >= 0.6 is 0 Å². The second kappa shape index (κ2) is 8.65. The predicted molar refractivity (Wildman–Crippen MR) is 106 cm³/mol. The molecule has 0 aliphatic carbocycles. The van der Waals surface area contributed by atoms with Gasteiger partial charge in [0.15, 0.2) is 0 Å². The summed E-state index contributed by atoms with van der Waals surface area (Å²) in [5.41, 5.74) is -0.194. The lowest BCUT2D eigenvalue weighted by Gasteiger charge is -2.45. The maximum Gasteiger partial charge on any atom is 0.308 e. The summed E-state index contributed by atoms with van der Waals surface area (Å²) in [6.45, 7) is 17.5. The monoisotopic (exact) mass is 374 g/mol. The largest absolute Gasteiger partial charge is 0.469 e. The zero-order valence-electron chi connectivity index (χ0n) is 17.4. The minimum absolute atomic E-state index is 0.144. The van der Waals surface area contributed by atoms with E-state index in [2.05, 4.69) is 53.1 Å². The fourth-order valence-corrected chi connectivity index (χ4v) is 7.65. The number of carbonyl (C=O) groups excluding carboxylic acids is 2. The molecule has 2 atom stereocenters. The fourth-order valence-electron chi connectivity index (χ4n) is 3.24. The maximum absolute atomic E-state index is 12.9. The molecule has 6 heteroatoms. The van der Waals surface area contributed by atoms with Crippen molar-refractivity contribution < 1.29 is 19.1 Å². The highest BCUT2D eigenvalue weighted by molar-refractivity contribution is 6.83. The topological polar surface area (TPSA) is 52.6 Å². The normalized spacial score (nSPS) is 16.5. The van der Waals surface area contributed by atoms with Crippen molar-refractivity contribution in [1.82, 2.24) is 0 Å². The van der Waals surface area contributed by atoms with Crippen molar-refractivity contribution in [3.8, 4) is 0 Å². The summed E-state index contributed by atoms with van der Waals surface area (Å²) in [7, 11) is -0.873. The van der Waals surface area contributed by atoms with Crippen LogP contribution in [0.2, 0.25) is 49.9 Å². The first kappa shape index (κ1) is 23.4. The van der Waals surface area contributed by atoms with Crippen molar-refractivity contribution in [3.63, 3.8) is 0 Å². The highest BCUT2D eigenvalue weighted by atomic mass is 28.3. The number of esters is 2. The Morgan fingerprint density at radius 2 is 1.46 bits per heavy atom.